The van der Waals surface area contributed by atoms with Crippen LogP contribution in [0, 0.1) is 0 Å². The molecule has 2 heterocycles. The first kappa shape index (κ1) is 18.3. The molecule has 3 rings (SSSR count). The predicted molar refractivity (Wildman–Crippen MR) is 99.5 cm³/mol. The third-order valence-electron chi connectivity index (χ3n) is 4.01. The summed E-state index contributed by atoms with van der Waals surface area (Å²) in [6.07, 6.45) is 3.25. The second-order valence-corrected chi connectivity index (χ2v) is 6.58. The molecule has 0 spiro atoms. The van der Waals surface area contributed by atoms with E-state index >= 15 is 0 Å². The van der Waals surface area contributed by atoms with E-state index in [1.807, 2.05) is 60.4 Å². The Kier molecular flexibility index (Phi) is 6.15. The Hall–Kier alpha value is -2.50. The van der Waals surface area contributed by atoms with Gasteiger partial charge in [0.1, 0.15) is 11.5 Å². The van der Waals surface area contributed by atoms with Crippen molar-refractivity contribution in [3.05, 3.63) is 83.2 Å². The summed E-state index contributed by atoms with van der Waals surface area (Å²) >= 11 is 6.03. The van der Waals surface area contributed by atoms with Gasteiger partial charge in [-0.3, -0.25) is 9.69 Å². The minimum Gasteiger partial charge on any atom is -0.468 e. The number of nitrogens with one attached hydrogen (secondary N) is 1. The average molecular weight is 373 g/mol. The highest BCUT2D eigenvalue weighted by molar-refractivity contribution is 6.30. The Balaban J connectivity index is 1.62. The van der Waals surface area contributed by atoms with Crippen molar-refractivity contribution in [2.24, 2.45) is 0 Å². The van der Waals surface area contributed by atoms with Crippen molar-refractivity contribution in [1.29, 1.82) is 0 Å². The van der Waals surface area contributed by atoms with Crippen molar-refractivity contribution in [2.45, 2.75) is 26.1 Å². The zero-order valence-corrected chi connectivity index (χ0v) is 15.3. The smallest absolute Gasteiger partial charge is 0.234 e. The van der Waals surface area contributed by atoms with Gasteiger partial charge in [0.05, 0.1) is 38.2 Å². The Morgan fingerprint density at radius 1 is 1.08 bits per heavy atom. The van der Waals surface area contributed by atoms with Gasteiger partial charge in [-0.05, 0) is 48.9 Å². The van der Waals surface area contributed by atoms with E-state index in [-0.39, 0.29) is 18.5 Å². The molecule has 0 radical (unpaired) electrons. The molecule has 0 saturated carbocycles. The summed E-state index contributed by atoms with van der Waals surface area (Å²) in [6, 6.07) is 14.8. The summed E-state index contributed by atoms with van der Waals surface area (Å²) in [4.78, 5) is 14.5. The Morgan fingerprint density at radius 2 is 1.73 bits per heavy atom. The molecule has 26 heavy (non-hydrogen) atoms. The number of rotatable bonds is 8. The normalized spacial score (nSPS) is 12.3. The third kappa shape index (κ3) is 5.25. The first-order valence-electron chi connectivity index (χ1n) is 8.42. The number of furan rings is 2. The maximum atomic E-state index is 12.5. The van der Waals surface area contributed by atoms with Crippen molar-refractivity contribution in [2.75, 3.05) is 6.54 Å². The predicted octanol–water partition coefficient (Wildman–Crippen LogP) is 4.41. The number of amides is 1. The SMILES string of the molecule is CC(NC(=O)CN(Cc1ccco1)Cc1ccco1)c1cccc(Cl)c1. The van der Waals surface area contributed by atoms with E-state index in [2.05, 4.69) is 5.32 Å². The molecule has 0 aliphatic rings. The molecule has 1 N–H and O–H groups in total. The molecule has 1 aromatic carbocycles. The van der Waals surface area contributed by atoms with Crippen molar-refractivity contribution in [3.8, 4) is 0 Å². The summed E-state index contributed by atoms with van der Waals surface area (Å²) in [5, 5.41) is 3.67. The van der Waals surface area contributed by atoms with Crippen molar-refractivity contribution < 1.29 is 13.6 Å². The second-order valence-electron chi connectivity index (χ2n) is 6.15. The van der Waals surface area contributed by atoms with Gasteiger partial charge >= 0.3 is 0 Å². The molecule has 0 bridgehead atoms. The topological polar surface area (TPSA) is 58.6 Å². The second kappa shape index (κ2) is 8.74. The van der Waals surface area contributed by atoms with Crippen molar-refractivity contribution in [1.82, 2.24) is 10.2 Å². The molecule has 136 valence electrons. The Morgan fingerprint density at radius 3 is 2.27 bits per heavy atom. The van der Waals surface area contributed by atoms with Gasteiger partial charge in [0.2, 0.25) is 5.91 Å². The van der Waals surface area contributed by atoms with Gasteiger partial charge < -0.3 is 14.2 Å². The molecule has 5 nitrogen and oxygen atoms in total. The number of carbonyl (C=O) groups is 1. The van der Waals surface area contributed by atoms with E-state index in [4.69, 9.17) is 20.4 Å². The van der Waals surface area contributed by atoms with Crippen LogP contribution in [0.4, 0.5) is 0 Å². The number of benzene rings is 1. The zero-order valence-electron chi connectivity index (χ0n) is 14.5. The van der Waals surface area contributed by atoms with Crippen LogP contribution in [0.1, 0.15) is 30.0 Å². The molecule has 1 atom stereocenters. The Bertz CT molecular complexity index is 779. The summed E-state index contributed by atoms with van der Waals surface area (Å²) in [5.41, 5.74) is 0.967. The maximum Gasteiger partial charge on any atom is 0.234 e. The van der Waals surface area contributed by atoms with Gasteiger partial charge in [0, 0.05) is 5.02 Å². The molecule has 0 saturated heterocycles. The minimum absolute atomic E-state index is 0.0735. The monoisotopic (exact) mass is 372 g/mol. The van der Waals surface area contributed by atoms with E-state index < -0.39 is 0 Å². The Labute approximate surface area is 157 Å². The summed E-state index contributed by atoms with van der Waals surface area (Å²) in [7, 11) is 0. The van der Waals surface area contributed by atoms with Gasteiger partial charge in [0.15, 0.2) is 0 Å². The van der Waals surface area contributed by atoms with Gasteiger partial charge in [-0.1, -0.05) is 23.7 Å². The van der Waals surface area contributed by atoms with E-state index in [0.717, 1.165) is 17.1 Å². The first-order chi connectivity index (χ1) is 12.6. The van der Waals surface area contributed by atoms with Crippen molar-refractivity contribution >= 4 is 17.5 Å². The summed E-state index contributed by atoms with van der Waals surface area (Å²) < 4.78 is 10.8. The molecule has 2 aromatic heterocycles. The molecular weight excluding hydrogens is 352 g/mol. The summed E-state index contributed by atoms with van der Waals surface area (Å²) in [6.45, 7) is 3.21. The van der Waals surface area contributed by atoms with Gasteiger partial charge in [-0.25, -0.2) is 0 Å². The molecule has 3 aromatic rings. The highest BCUT2D eigenvalue weighted by Crippen LogP contribution is 2.17. The average Bonchev–Trinajstić information content (AvgIpc) is 3.28. The van der Waals surface area contributed by atoms with E-state index in [1.54, 1.807) is 12.5 Å². The largest absolute Gasteiger partial charge is 0.468 e. The lowest BCUT2D eigenvalue weighted by atomic mass is 10.1. The van der Waals surface area contributed by atoms with Crippen LogP contribution >= 0.6 is 11.6 Å². The number of hydrogen-bond acceptors (Lipinski definition) is 4. The van der Waals surface area contributed by atoms with E-state index in [0.29, 0.717) is 18.1 Å². The fraction of sp³-hybridized carbons (Fsp3) is 0.250. The number of carbonyl (C=O) groups excluding carboxylic acids is 1. The number of hydrogen-bond donors (Lipinski definition) is 1. The van der Waals surface area contributed by atoms with Gasteiger partial charge in [-0.2, -0.15) is 0 Å². The zero-order chi connectivity index (χ0) is 18.4. The van der Waals surface area contributed by atoms with E-state index in [1.165, 1.54) is 0 Å². The first-order valence-corrected chi connectivity index (χ1v) is 8.80. The van der Waals surface area contributed by atoms with Crippen LogP contribution in [0.15, 0.2) is 69.9 Å². The standard InChI is InChI=1S/C20H21ClN2O3/c1-15(16-5-2-6-17(21)11-16)22-20(24)14-23(12-18-7-3-9-25-18)13-19-8-4-10-26-19/h2-11,15H,12-14H2,1H3,(H,22,24). The molecule has 0 aliphatic heterocycles. The van der Waals surface area contributed by atoms with Crippen LogP contribution < -0.4 is 5.32 Å². The number of nitrogens with zero attached hydrogens (tertiary/aromatic N) is 1. The van der Waals surface area contributed by atoms with Crippen molar-refractivity contribution in [3.63, 3.8) is 0 Å². The fourth-order valence-corrected chi connectivity index (χ4v) is 2.96. The van der Waals surface area contributed by atoms with Crippen LogP contribution in [-0.4, -0.2) is 17.4 Å². The lowest BCUT2D eigenvalue weighted by Gasteiger charge is -2.21. The van der Waals surface area contributed by atoms with Crippen LogP contribution in [0.25, 0.3) is 0 Å². The van der Waals surface area contributed by atoms with Gasteiger partial charge in [0.25, 0.3) is 0 Å². The molecule has 0 fully saturated rings. The number of halogens is 1. The van der Waals surface area contributed by atoms with E-state index in [9.17, 15) is 4.79 Å². The fourth-order valence-electron chi connectivity index (χ4n) is 2.76. The molecule has 6 heteroatoms. The van der Waals surface area contributed by atoms with Crippen LogP contribution in [-0.2, 0) is 17.9 Å². The molecule has 1 amide bonds. The van der Waals surface area contributed by atoms with Crippen LogP contribution in [0.2, 0.25) is 5.02 Å². The highest BCUT2D eigenvalue weighted by atomic mass is 35.5. The molecular formula is C20H21ClN2O3. The summed E-state index contributed by atoms with van der Waals surface area (Å²) in [5.74, 6) is 1.52. The highest BCUT2D eigenvalue weighted by Gasteiger charge is 2.17. The molecule has 0 aliphatic carbocycles. The maximum absolute atomic E-state index is 12.5. The van der Waals surface area contributed by atoms with Crippen LogP contribution in [0.5, 0.6) is 0 Å². The third-order valence-corrected chi connectivity index (χ3v) is 4.25. The quantitative estimate of drug-likeness (QED) is 0.636. The van der Waals surface area contributed by atoms with Crippen LogP contribution in [0.3, 0.4) is 0 Å². The lowest BCUT2D eigenvalue weighted by Crippen LogP contribution is -2.37. The minimum atomic E-state index is -0.129. The lowest BCUT2D eigenvalue weighted by molar-refractivity contribution is -0.123. The molecule has 1 unspecified atom stereocenters. The van der Waals surface area contributed by atoms with Gasteiger partial charge in [-0.15, -0.1) is 0 Å².